The van der Waals surface area contributed by atoms with Gasteiger partial charge in [-0.05, 0) is 62.1 Å². The number of urea groups is 1. The molecule has 1 saturated heterocycles. The molecule has 3 aromatic rings. The molecule has 2 amide bonds. The summed E-state index contributed by atoms with van der Waals surface area (Å²) >= 11 is 0. The van der Waals surface area contributed by atoms with Crippen molar-refractivity contribution in [1.82, 2.24) is 19.9 Å². The van der Waals surface area contributed by atoms with E-state index in [9.17, 15) is 4.79 Å². The maximum absolute atomic E-state index is 12.8. The summed E-state index contributed by atoms with van der Waals surface area (Å²) in [7, 11) is 3.79. The van der Waals surface area contributed by atoms with E-state index in [2.05, 4.69) is 38.3 Å². The number of rotatable bonds is 4. The minimum Gasteiger partial charge on any atom is -0.497 e. The highest BCUT2D eigenvalue weighted by atomic mass is 16.5. The number of anilines is 2. The van der Waals surface area contributed by atoms with Crippen molar-refractivity contribution in [1.29, 1.82) is 0 Å². The van der Waals surface area contributed by atoms with Gasteiger partial charge in [0.05, 0.1) is 12.5 Å². The zero-order valence-electron chi connectivity index (χ0n) is 19.4. The maximum Gasteiger partial charge on any atom is 0.321 e. The Kier molecular flexibility index (Phi) is 5.83. The highest BCUT2D eigenvalue weighted by Gasteiger charge is 2.40. The first-order valence-electron chi connectivity index (χ1n) is 11.8. The number of benzene rings is 1. The van der Waals surface area contributed by atoms with Gasteiger partial charge in [0.15, 0.2) is 0 Å². The van der Waals surface area contributed by atoms with Crippen molar-refractivity contribution in [2.45, 2.75) is 44.6 Å². The Hall–Kier alpha value is -3.29. The molecule has 2 N–H and O–H groups in total. The van der Waals surface area contributed by atoms with E-state index in [0.717, 1.165) is 67.1 Å². The normalized spacial score (nSPS) is 18.4. The SMILES string of the molecule is COc1cccc(NC(=O)N2CCC3(CCC(N(C)c4ncnc5[nH]ccc45)CC3)CC2)c1. The van der Waals surface area contributed by atoms with E-state index in [1.807, 2.05) is 35.4 Å². The number of amides is 2. The summed E-state index contributed by atoms with van der Waals surface area (Å²) in [4.78, 5) is 29.1. The lowest BCUT2D eigenvalue weighted by Gasteiger charge is -2.47. The van der Waals surface area contributed by atoms with E-state index < -0.39 is 0 Å². The highest BCUT2D eigenvalue weighted by molar-refractivity contribution is 5.89. The standard InChI is InChI=1S/C25H32N6O2/c1-30(23-21-8-13-26-22(21)27-17-28-23)19-6-9-25(10-7-19)11-14-31(15-12-25)24(32)29-18-4-3-5-20(16-18)33-2/h3-5,8,13,16-17,19H,6-7,9-12,14-15H2,1-2H3,(H,29,32)(H,26,27,28). The number of piperidine rings is 1. The quantitative estimate of drug-likeness (QED) is 0.606. The summed E-state index contributed by atoms with van der Waals surface area (Å²) in [6.45, 7) is 1.62. The van der Waals surface area contributed by atoms with Crippen molar-refractivity contribution >= 4 is 28.6 Å². The van der Waals surface area contributed by atoms with Crippen LogP contribution in [0.2, 0.25) is 0 Å². The molecule has 0 radical (unpaired) electrons. The van der Waals surface area contributed by atoms with E-state index in [1.165, 1.54) is 12.8 Å². The van der Waals surface area contributed by atoms with Gasteiger partial charge >= 0.3 is 6.03 Å². The van der Waals surface area contributed by atoms with Gasteiger partial charge < -0.3 is 24.8 Å². The monoisotopic (exact) mass is 448 g/mol. The molecule has 0 bridgehead atoms. The van der Waals surface area contributed by atoms with E-state index in [4.69, 9.17) is 4.74 Å². The molecule has 8 nitrogen and oxygen atoms in total. The van der Waals surface area contributed by atoms with Crippen molar-refractivity contribution in [3.8, 4) is 5.75 Å². The van der Waals surface area contributed by atoms with Crippen molar-refractivity contribution in [2.24, 2.45) is 5.41 Å². The molecule has 2 fully saturated rings. The first-order chi connectivity index (χ1) is 16.1. The lowest BCUT2D eigenvalue weighted by atomic mass is 9.67. The Balaban J connectivity index is 1.15. The second kappa shape index (κ2) is 8.92. The lowest BCUT2D eigenvalue weighted by molar-refractivity contribution is 0.0786. The molecule has 1 aliphatic heterocycles. The number of aromatic nitrogens is 3. The van der Waals surface area contributed by atoms with Crippen LogP contribution < -0.4 is 15.0 Å². The van der Waals surface area contributed by atoms with E-state index in [-0.39, 0.29) is 6.03 Å². The Morgan fingerprint density at radius 1 is 1.18 bits per heavy atom. The number of H-pyrrole nitrogens is 1. The molecule has 1 saturated carbocycles. The van der Waals surface area contributed by atoms with Crippen molar-refractivity contribution in [2.75, 3.05) is 37.5 Å². The number of nitrogens with one attached hydrogen (secondary N) is 2. The fourth-order valence-corrected chi connectivity index (χ4v) is 5.50. The number of ether oxygens (including phenoxy) is 1. The molecule has 3 heterocycles. The second-order valence-corrected chi connectivity index (χ2v) is 9.43. The summed E-state index contributed by atoms with van der Waals surface area (Å²) in [5.74, 6) is 1.75. The van der Waals surface area contributed by atoms with Crippen LogP contribution in [-0.2, 0) is 0 Å². The van der Waals surface area contributed by atoms with Gasteiger partial charge in [-0.2, -0.15) is 0 Å². The number of hydrogen-bond acceptors (Lipinski definition) is 5. The average molecular weight is 449 g/mol. The smallest absolute Gasteiger partial charge is 0.321 e. The topological polar surface area (TPSA) is 86.4 Å². The van der Waals surface area contributed by atoms with Gasteiger partial charge in [-0.25, -0.2) is 14.8 Å². The number of carbonyl (C=O) groups is 1. The van der Waals surface area contributed by atoms with E-state index in [0.29, 0.717) is 11.5 Å². The van der Waals surface area contributed by atoms with Crippen LogP contribution in [-0.4, -0.2) is 59.2 Å². The highest BCUT2D eigenvalue weighted by Crippen LogP contribution is 2.46. The molecule has 2 aromatic heterocycles. The van der Waals surface area contributed by atoms with Gasteiger partial charge in [-0.3, -0.25) is 0 Å². The van der Waals surface area contributed by atoms with Gasteiger partial charge in [0.25, 0.3) is 0 Å². The minimum absolute atomic E-state index is 0.0224. The molecule has 174 valence electrons. The van der Waals surface area contributed by atoms with E-state index in [1.54, 1.807) is 13.4 Å². The first-order valence-corrected chi connectivity index (χ1v) is 11.8. The van der Waals surface area contributed by atoms with Crippen LogP contribution in [0.25, 0.3) is 11.0 Å². The van der Waals surface area contributed by atoms with Crippen molar-refractivity contribution < 1.29 is 9.53 Å². The molecular weight excluding hydrogens is 416 g/mol. The number of fused-ring (bicyclic) bond motifs is 1. The Labute approximate surface area is 194 Å². The molecule has 8 heteroatoms. The molecule has 1 spiro atoms. The summed E-state index contributed by atoms with van der Waals surface area (Å²) in [6.07, 6.45) is 10.4. The number of hydrogen-bond donors (Lipinski definition) is 2. The average Bonchev–Trinajstić information content (AvgIpc) is 3.34. The van der Waals surface area contributed by atoms with Gasteiger partial charge in [0, 0.05) is 44.1 Å². The van der Waals surface area contributed by atoms with Gasteiger partial charge in [-0.1, -0.05) is 6.07 Å². The molecule has 33 heavy (non-hydrogen) atoms. The van der Waals surface area contributed by atoms with Crippen LogP contribution >= 0.6 is 0 Å². The van der Waals surface area contributed by atoms with E-state index >= 15 is 0 Å². The fourth-order valence-electron chi connectivity index (χ4n) is 5.50. The summed E-state index contributed by atoms with van der Waals surface area (Å²) in [5.41, 5.74) is 2.02. The van der Waals surface area contributed by atoms with Crippen LogP contribution in [0.4, 0.5) is 16.3 Å². The van der Waals surface area contributed by atoms with Crippen LogP contribution in [0.15, 0.2) is 42.9 Å². The second-order valence-electron chi connectivity index (χ2n) is 9.43. The van der Waals surface area contributed by atoms with Crippen LogP contribution in [0.1, 0.15) is 38.5 Å². The molecule has 2 aliphatic rings. The molecular formula is C25H32N6O2. The number of methoxy groups -OCH3 is 1. The third-order valence-electron chi connectivity index (χ3n) is 7.66. The Bertz CT molecular complexity index is 1110. The zero-order chi connectivity index (χ0) is 22.8. The van der Waals surface area contributed by atoms with Crippen LogP contribution in [0, 0.1) is 5.41 Å². The van der Waals surface area contributed by atoms with Crippen LogP contribution in [0.3, 0.4) is 0 Å². The third-order valence-corrected chi connectivity index (χ3v) is 7.66. The third kappa shape index (κ3) is 4.34. The molecule has 1 aromatic carbocycles. The molecule has 1 aliphatic carbocycles. The Morgan fingerprint density at radius 3 is 2.73 bits per heavy atom. The van der Waals surface area contributed by atoms with Crippen molar-refractivity contribution in [3.05, 3.63) is 42.9 Å². The molecule has 0 unspecified atom stereocenters. The van der Waals surface area contributed by atoms with Crippen molar-refractivity contribution in [3.63, 3.8) is 0 Å². The van der Waals surface area contributed by atoms with Crippen LogP contribution in [0.5, 0.6) is 5.75 Å². The summed E-state index contributed by atoms with van der Waals surface area (Å²) in [6, 6.07) is 10.0. The number of nitrogens with zero attached hydrogens (tertiary/aromatic N) is 4. The molecule has 0 atom stereocenters. The lowest BCUT2D eigenvalue weighted by Crippen LogP contribution is -2.47. The molecule has 5 rings (SSSR count). The maximum atomic E-state index is 12.8. The minimum atomic E-state index is -0.0224. The van der Waals surface area contributed by atoms with Gasteiger partial charge in [0.1, 0.15) is 23.5 Å². The number of likely N-dealkylation sites (tertiary alicyclic amines) is 1. The first kappa shape index (κ1) is 21.6. The Morgan fingerprint density at radius 2 is 1.97 bits per heavy atom. The predicted octanol–water partition coefficient (Wildman–Crippen LogP) is 4.66. The number of aromatic amines is 1. The summed E-state index contributed by atoms with van der Waals surface area (Å²) < 4.78 is 5.25. The summed E-state index contributed by atoms with van der Waals surface area (Å²) in [5, 5.41) is 4.10. The largest absolute Gasteiger partial charge is 0.497 e. The van der Waals surface area contributed by atoms with Gasteiger partial charge in [0.2, 0.25) is 0 Å². The zero-order valence-corrected chi connectivity index (χ0v) is 19.4. The van der Waals surface area contributed by atoms with Gasteiger partial charge in [-0.15, -0.1) is 0 Å². The predicted molar refractivity (Wildman–Crippen MR) is 130 cm³/mol. The fraction of sp³-hybridized carbons (Fsp3) is 0.480. The number of carbonyl (C=O) groups excluding carboxylic acids is 1.